The number of sulfone groups is 1. The molecule has 2 N–H and O–H groups in total. The fourth-order valence-corrected chi connectivity index (χ4v) is 3.17. The van der Waals surface area contributed by atoms with Gasteiger partial charge in [0.1, 0.15) is 10.7 Å². The van der Waals surface area contributed by atoms with Crippen LogP contribution in [0.3, 0.4) is 0 Å². The van der Waals surface area contributed by atoms with Crippen molar-refractivity contribution in [2.75, 3.05) is 5.75 Å². The van der Waals surface area contributed by atoms with Crippen LogP contribution in [0.2, 0.25) is 0 Å². The lowest BCUT2D eigenvalue weighted by Gasteiger charge is -2.18. The number of hydrogen-bond donors (Lipinski definition) is 1. The maximum atomic E-state index is 13.4. The normalized spacial score (nSPS) is 15.5. The van der Waals surface area contributed by atoms with Gasteiger partial charge in [0, 0.05) is 6.04 Å². The average Bonchev–Trinajstić information content (AvgIpc) is 2.27. The van der Waals surface area contributed by atoms with E-state index >= 15 is 0 Å². The first kappa shape index (κ1) is 14.1. The molecular formula is C12H18FNO2S. The van der Waals surface area contributed by atoms with Crippen molar-refractivity contribution in [3.8, 4) is 0 Å². The number of benzene rings is 1. The van der Waals surface area contributed by atoms with Crippen molar-refractivity contribution >= 4 is 9.84 Å². The van der Waals surface area contributed by atoms with E-state index in [0.29, 0.717) is 0 Å². The van der Waals surface area contributed by atoms with Gasteiger partial charge in [0.2, 0.25) is 0 Å². The molecule has 0 heterocycles. The van der Waals surface area contributed by atoms with Crippen LogP contribution in [0.4, 0.5) is 4.39 Å². The molecule has 2 atom stereocenters. The highest BCUT2D eigenvalue weighted by atomic mass is 32.2. The number of rotatable bonds is 5. The fraction of sp³-hybridized carbons (Fsp3) is 0.500. The third-order valence-corrected chi connectivity index (χ3v) is 4.78. The van der Waals surface area contributed by atoms with E-state index in [4.69, 9.17) is 5.73 Å². The van der Waals surface area contributed by atoms with Gasteiger partial charge in [-0.05, 0) is 18.1 Å². The van der Waals surface area contributed by atoms with E-state index in [1.807, 2.05) is 13.8 Å². The van der Waals surface area contributed by atoms with Gasteiger partial charge in [0.15, 0.2) is 9.84 Å². The molecule has 0 aromatic heterocycles. The van der Waals surface area contributed by atoms with Crippen LogP contribution in [-0.4, -0.2) is 20.2 Å². The van der Waals surface area contributed by atoms with Crippen LogP contribution in [0.25, 0.3) is 0 Å². The van der Waals surface area contributed by atoms with Gasteiger partial charge >= 0.3 is 0 Å². The SMILES string of the molecule is CCC(C)C(N)CS(=O)(=O)c1ccccc1F. The lowest BCUT2D eigenvalue weighted by Crippen LogP contribution is -2.35. The summed E-state index contributed by atoms with van der Waals surface area (Å²) >= 11 is 0. The lowest BCUT2D eigenvalue weighted by molar-refractivity contribution is 0.464. The van der Waals surface area contributed by atoms with Crippen molar-refractivity contribution in [1.82, 2.24) is 0 Å². The molecule has 0 saturated heterocycles. The molecule has 3 nitrogen and oxygen atoms in total. The molecular weight excluding hydrogens is 241 g/mol. The van der Waals surface area contributed by atoms with E-state index in [1.54, 1.807) is 0 Å². The summed E-state index contributed by atoms with van der Waals surface area (Å²) in [6.07, 6.45) is 0.800. The molecule has 1 aromatic rings. The standard InChI is InChI=1S/C12H18FNO2S/c1-3-9(2)11(14)8-17(15,16)12-7-5-4-6-10(12)13/h4-7,9,11H,3,8,14H2,1-2H3. The predicted octanol–water partition coefficient (Wildman–Crippen LogP) is 1.97. The first-order chi connectivity index (χ1) is 7.88. The van der Waals surface area contributed by atoms with Crippen LogP contribution in [-0.2, 0) is 9.84 Å². The zero-order chi connectivity index (χ0) is 13.1. The fourth-order valence-electron chi connectivity index (χ4n) is 1.51. The zero-order valence-electron chi connectivity index (χ0n) is 10.1. The van der Waals surface area contributed by atoms with Crippen molar-refractivity contribution in [2.24, 2.45) is 11.7 Å². The minimum atomic E-state index is -3.65. The smallest absolute Gasteiger partial charge is 0.182 e. The minimum absolute atomic E-state index is 0.0940. The second kappa shape index (κ2) is 5.60. The van der Waals surface area contributed by atoms with Crippen molar-refractivity contribution in [3.63, 3.8) is 0 Å². The Hall–Kier alpha value is -0.940. The molecule has 0 bridgehead atoms. The van der Waals surface area contributed by atoms with E-state index in [-0.39, 0.29) is 16.6 Å². The van der Waals surface area contributed by atoms with Crippen molar-refractivity contribution < 1.29 is 12.8 Å². The van der Waals surface area contributed by atoms with Crippen LogP contribution >= 0.6 is 0 Å². The molecule has 0 aliphatic heterocycles. The van der Waals surface area contributed by atoms with E-state index in [0.717, 1.165) is 12.5 Å². The molecule has 5 heteroatoms. The minimum Gasteiger partial charge on any atom is -0.327 e. The summed E-state index contributed by atoms with van der Waals surface area (Å²) < 4.78 is 37.3. The first-order valence-corrected chi connectivity index (χ1v) is 7.26. The molecule has 1 rings (SSSR count). The molecule has 2 unspecified atom stereocenters. The third kappa shape index (κ3) is 3.51. The largest absolute Gasteiger partial charge is 0.327 e. The van der Waals surface area contributed by atoms with Gasteiger partial charge in [-0.3, -0.25) is 0 Å². The van der Waals surface area contributed by atoms with Crippen LogP contribution in [0.5, 0.6) is 0 Å². The Bertz CT molecular complexity index is 473. The van der Waals surface area contributed by atoms with E-state index < -0.39 is 21.7 Å². The van der Waals surface area contributed by atoms with Gasteiger partial charge in [0.05, 0.1) is 5.75 Å². The molecule has 17 heavy (non-hydrogen) atoms. The molecule has 0 saturated carbocycles. The highest BCUT2D eigenvalue weighted by Gasteiger charge is 2.24. The topological polar surface area (TPSA) is 60.2 Å². The summed E-state index contributed by atoms with van der Waals surface area (Å²) in [5.41, 5.74) is 5.80. The van der Waals surface area contributed by atoms with E-state index in [1.165, 1.54) is 18.2 Å². The van der Waals surface area contributed by atoms with Crippen LogP contribution in [0.1, 0.15) is 20.3 Å². The Morgan fingerprint density at radius 1 is 1.35 bits per heavy atom. The quantitative estimate of drug-likeness (QED) is 0.879. The monoisotopic (exact) mass is 259 g/mol. The molecule has 1 aromatic carbocycles. The van der Waals surface area contributed by atoms with Gasteiger partial charge in [-0.2, -0.15) is 0 Å². The van der Waals surface area contributed by atoms with Gasteiger partial charge in [0.25, 0.3) is 0 Å². The second-order valence-electron chi connectivity index (χ2n) is 4.26. The van der Waals surface area contributed by atoms with Crippen LogP contribution < -0.4 is 5.73 Å². The zero-order valence-corrected chi connectivity index (χ0v) is 10.9. The average molecular weight is 259 g/mol. The van der Waals surface area contributed by atoms with Gasteiger partial charge in [-0.15, -0.1) is 0 Å². The Labute approximate surface area is 102 Å². The summed E-state index contributed by atoms with van der Waals surface area (Å²) in [6, 6.07) is 4.91. The summed E-state index contributed by atoms with van der Waals surface area (Å²) in [7, 11) is -3.65. The summed E-state index contributed by atoms with van der Waals surface area (Å²) in [4.78, 5) is -0.265. The predicted molar refractivity (Wildman–Crippen MR) is 65.9 cm³/mol. The number of nitrogens with two attached hydrogens (primary N) is 1. The second-order valence-corrected chi connectivity index (χ2v) is 6.26. The molecule has 0 radical (unpaired) electrons. The molecule has 0 aliphatic rings. The first-order valence-electron chi connectivity index (χ1n) is 5.61. The van der Waals surface area contributed by atoms with E-state index in [9.17, 15) is 12.8 Å². The number of hydrogen-bond acceptors (Lipinski definition) is 3. The highest BCUT2D eigenvalue weighted by Crippen LogP contribution is 2.18. The summed E-state index contributed by atoms with van der Waals surface area (Å²) in [6.45, 7) is 3.84. The lowest BCUT2D eigenvalue weighted by atomic mass is 10.0. The van der Waals surface area contributed by atoms with Crippen LogP contribution in [0, 0.1) is 11.7 Å². The maximum Gasteiger partial charge on any atom is 0.182 e. The van der Waals surface area contributed by atoms with Gasteiger partial charge < -0.3 is 5.73 Å². The molecule has 0 amide bonds. The molecule has 0 spiro atoms. The van der Waals surface area contributed by atoms with Gasteiger partial charge in [-0.25, -0.2) is 12.8 Å². The Kier molecular flexibility index (Phi) is 4.65. The van der Waals surface area contributed by atoms with Crippen LogP contribution in [0.15, 0.2) is 29.2 Å². The van der Waals surface area contributed by atoms with Crippen molar-refractivity contribution in [2.45, 2.75) is 31.2 Å². The van der Waals surface area contributed by atoms with Crippen molar-refractivity contribution in [1.29, 1.82) is 0 Å². The summed E-state index contributed by atoms with van der Waals surface area (Å²) in [5.74, 6) is -0.844. The Morgan fingerprint density at radius 2 is 1.94 bits per heavy atom. The van der Waals surface area contributed by atoms with Crippen molar-refractivity contribution in [3.05, 3.63) is 30.1 Å². The van der Waals surface area contributed by atoms with E-state index in [2.05, 4.69) is 0 Å². The van der Waals surface area contributed by atoms with Gasteiger partial charge in [-0.1, -0.05) is 32.4 Å². The molecule has 0 aliphatic carbocycles. The molecule has 96 valence electrons. The number of halogens is 1. The third-order valence-electron chi connectivity index (χ3n) is 2.96. The Morgan fingerprint density at radius 3 is 2.47 bits per heavy atom. The summed E-state index contributed by atoms with van der Waals surface area (Å²) in [5, 5.41) is 0. The highest BCUT2D eigenvalue weighted by molar-refractivity contribution is 7.91. The molecule has 0 fully saturated rings. The maximum absolute atomic E-state index is 13.4. The Balaban J connectivity index is 2.94.